The van der Waals surface area contributed by atoms with Gasteiger partial charge in [-0.05, 0) is 31.1 Å². The maximum absolute atomic E-state index is 4.06. The van der Waals surface area contributed by atoms with E-state index in [1.807, 2.05) is 0 Å². The van der Waals surface area contributed by atoms with E-state index in [0.29, 0.717) is 0 Å². The maximum atomic E-state index is 4.06. The molecular weight excluding hydrogens is 194 g/mol. The molecule has 1 heteroatoms. The zero-order chi connectivity index (χ0) is 12.4. The predicted octanol–water partition coefficient (Wildman–Crippen LogP) is 4.74. The van der Waals surface area contributed by atoms with Crippen LogP contribution in [0.3, 0.4) is 0 Å². The Hall–Kier alpha value is -0.460. The fraction of sp³-hybridized carbons (Fsp3) is 0.867. The van der Waals surface area contributed by atoms with Crippen LogP contribution in [0.4, 0.5) is 0 Å². The lowest BCUT2D eigenvalue weighted by atomic mass is 10.1. The van der Waals surface area contributed by atoms with Crippen LogP contribution in [0.1, 0.15) is 66.2 Å². The van der Waals surface area contributed by atoms with Gasteiger partial charge in [-0.2, -0.15) is 0 Å². The predicted molar refractivity (Wildman–Crippen MR) is 74.5 cm³/mol. The first-order valence-corrected chi connectivity index (χ1v) is 6.94. The van der Waals surface area contributed by atoms with Gasteiger partial charge in [0, 0.05) is 12.2 Å². The fourth-order valence-electron chi connectivity index (χ4n) is 1.67. The topological polar surface area (TPSA) is 12.0 Å². The Morgan fingerprint density at radius 2 is 1.56 bits per heavy atom. The number of rotatable bonds is 10. The van der Waals surface area contributed by atoms with Crippen molar-refractivity contribution in [3.05, 3.63) is 12.3 Å². The van der Waals surface area contributed by atoms with E-state index in [9.17, 15) is 0 Å². The Kier molecular flexibility index (Phi) is 9.46. The van der Waals surface area contributed by atoms with Crippen molar-refractivity contribution in [2.24, 2.45) is 11.8 Å². The van der Waals surface area contributed by atoms with Crippen molar-refractivity contribution in [3.63, 3.8) is 0 Å². The second-order valence-electron chi connectivity index (χ2n) is 5.71. The van der Waals surface area contributed by atoms with Crippen molar-refractivity contribution in [2.45, 2.75) is 66.2 Å². The summed E-state index contributed by atoms with van der Waals surface area (Å²) >= 11 is 0. The van der Waals surface area contributed by atoms with Gasteiger partial charge in [0.2, 0.25) is 0 Å². The first-order valence-electron chi connectivity index (χ1n) is 6.94. The molecule has 0 aliphatic rings. The molecule has 0 aromatic heterocycles. The average Bonchev–Trinajstić information content (AvgIpc) is 2.19. The molecule has 96 valence electrons. The second-order valence-corrected chi connectivity index (χ2v) is 5.71. The van der Waals surface area contributed by atoms with Crippen LogP contribution >= 0.6 is 0 Å². The standard InChI is InChI=1S/C15H31N/c1-13(2)9-7-6-8-12-16-15(5)11-10-14(3)4/h13-14,16H,5-12H2,1-4H3. The SMILES string of the molecule is C=C(CCC(C)C)NCCCCCC(C)C. The Balaban J connectivity index is 3.21. The van der Waals surface area contributed by atoms with Crippen molar-refractivity contribution in [3.8, 4) is 0 Å². The number of unbranched alkanes of at least 4 members (excludes halogenated alkanes) is 2. The minimum absolute atomic E-state index is 0.782. The van der Waals surface area contributed by atoms with Gasteiger partial charge in [-0.1, -0.05) is 53.5 Å². The molecule has 0 rings (SSSR count). The molecule has 1 N–H and O–H groups in total. The molecule has 0 aromatic carbocycles. The van der Waals surface area contributed by atoms with Gasteiger partial charge in [0.25, 0.3) is 0 Å². The van der Waals surface area contributed by atoms with E-state index >= 15 is 0 Å². The van der Waals surface area contributed by atoms with Gasteiger partial charge < -0.3 is 5.32 Å². The van der Waals surface area contributed by atoms with E-state index in [0.717, 1.165) is 24.8 Å². The van der Waals surface area contributed by atoms with E-state index in [4.69, 9.17) is 0 Å². The van der Waals surface area contributed by atoms with Gasteiger partial charge in [-0.25, -0.2) is 0 Å². The monoisotopic (exact) mass is 225 g/mol. The molecule has 0 bridgehead atoms. The summed E-state index contributed by atoms with van der Waals surface area (Å²) in [6.07, 6.45) is 7.75. The Morgan fingerprint density at radius 3 is 2.12 bits per heavy atom. The first-order chi connectivity index (χ1) is 7.52. The lowest BCUT2D eigenvalue weighted by Crippen LogP contribution is -2.14. The van der Waals surface area contributed by atoms with Crippen LogP contribution in [0.15, 0.2) is 12.3 Å². The number of allylic oxidation sites excluding steroid dienone is 1. The molecule has 0 radical (unpaired) electrons. The lowest BCUT2D eigenvalue weighted by Gasteiger charge is -2.11. The zero-order valence-electron chi connectivity index (χ0n) is 11.8. The quantitative estimate of drug-likeness (QED) is 0.529. The smallest absolute Gasteiger partial charge is 0.0143 e. The van der Waals surface area contributed by atoms with Crippen LogP contribution in [0.2, 0.25) is 0 Å². The lowest BCUT2D eigenvalue weighted by molar-refractivity contribution is 0.517. The molecule has 0 aromatic rings. The summed E-state index contributed by atoms with van der Waals surface area (Å²) in [5.74, 6) is 1.64. The van der Waals surface area contributed by atoms with Crippen LogP contribution in [0, 0.1) is 11.8 Å². The summed E-state index contributed by atoms with van der Waals surface area (Å²) in [5, 5.41) is 3.43. The minimum atomic E-state index is 0.782. The first kappa shape index (κ1) is 15.5. The maximum Gasteiger partial charge on any atom is 0.0143 e. The Morgan fingerprint density at radius 1 is 0.938 bits per heavy atom. The third kappa shape index (κ3) is 11.6. The van der Waals surface area contributed by atoms with Gasteiger partial charge >= 0.3 is 0 Å². The third-order valence-electron chi connectivity index (χ3n) is 2.86. The zero-order valence-corrected chi connectivity index (χ0v) is 11.8. The minimum Gasteiger partial charge on any atom is -0.389 e. The van der Waals surface area contributed by atoms with Crippen LogP contribution in [-0.4, -0.2) is 6.54 Å². The summed E-state index contributed by atoms with van der Waals surface area (Å²) < 4.78 is 0. The number of nitrogens with one attached hydrogen (secondary N) is 1. The van der Waals surface area contributed by atoms with Crippen molar-refractivity contribution in [1.29, 1.82) is 0 Å². The molecule has 0 spiro atoms. The molecule has 0 amide bonds. The number of hydrogen-bond acceptors (Lipinski definition) is 1. The van der Waals surface area contributed by atoms with Gasteiger partial charge in [-0.3, -0.25) is 0 Å². The summed E-state index contributed by atoms with van der Waals surface area (Å²) in [6.45, 7) is 14.3. The summed E-state index contributed by atoms with van der Waals surface area (Å²) in [5.41, 5.74) is 1.22. The van der Waals surface area contributed by atoms with Crippen LogP contribution in [0.5, 0.6) is 0 Å². The molecule has 0 heterocycles. The van der Waals surface area contributed by atoms with Crippen molar-refractivity contribution in [1.82, 2.24) is 5.32 Å². The van der Waals surface area contributed by atoms with Crippen molar-refractivity contribution >= 4 is 0 Å². The Labute approximate surface area is 103 Å². The van der Waals surface area contributed by atoms with Gasteiger partial charge in [-0.15, -0.1) is 0 Å². The van der Waals surface area contributed by atoms with Crippen LogP contribution < -0.4 is 5.32 Å². The molecule has 0 atom stereocenters. The molecule has 0 aliphatic heterocycles. The van der Waals surface area contributed by atoms with E-state index in [1.165, 1.54) is 37.8 Å². The molecule has 0 saturated carbocycles. The summed E-state index contributed by atoms with van der Waals surface area (Å²) in [6, 6.07) is 0. The van der Waals surface area contributed by atoms with Gasteiger partial charge in [0.05, 0.1) is 0 Å². The summed E-state index contributed by atoms with van der Waals surface area (Å²) in [4.78, 5) is 0. The largest absolute Gasteiger partial charge is 0.389 e. The average molecular weight is 225 g/mol. The van der Waals surface area contributed by atoms with E-state index in [2.05, 4.69) is 39.6 Å². The van der Waals surface area contributed by atoms with Crippen molar-refractivity contribution in [2.75, 3.05) is 6.54 Å². The normalized spacial score (nSPS) is 11.1. The highest BCUT2D eigenvalue weighted by atomic mass is 14.9. The second kappa shape index (κ2) is 9.74. The van der Waals surface area contributed by atoms with Crippen LogP contribution in [-0.2, 0) is 0 Å². The number of hydrogen-bond donors (Lipinski definition) is 1. The Bertz CT molecular complexity index is 170. The summed E-state index contributed by atoms with van der Waals surface area (Å²) in [7, 11) is 0. The van der Waals surface area contributed by atoms with Gasteiger partial charge in [0.1, 0.15) is 0 Å². The fourth-order valence-corrected chi connectivity index (χ4v) is 1.67. The molecule has 0 unspecified atom stereocenters. The highest BCUT2D eigenvalue weighted by molar-refractivity contribution is 4.90. The molecule has 0 saturated heterocycles. The van der Waals surface area contributed by atoms with Crippen LogP contribution in [0.25, 0.3) is 0 Å². The third-order valence-corrected chi connectivity index (χ3v) is 2.86. The molecule has 0 aliphatic carbocycles. The highest BCUT2D eigenvalue weighted by Crippen LogP contribution is 2.09. The van der Waals surface area contributed by atoms with E-state index in [1.54, 1.807) is 0 Å². The molecule has 16 heavy (non-hydrogen) atoms. The van der Waals surface area contributed by atoms with E-state index in [-0.39, 0.29) is 0 Å². The highest BCUT2D eigenvalue weighted by Gasteiger charge is 1.98. The van der Waals surface area contributed by atoms with Gasteiger partial charge in [0.15, 0.2) is 0 Å². The molecule has 0 fully saturated rings. The molecule has 1 nitrogen and oxygen atoms in total. The van der Waals surface area contributed by atoms with Crippen molar-refractivity contribution < 1.29 is 0 Å². The molecular formula is C15H31N. The van der Waals surface area contributed by atoms with E-state index < -0.39 is 0 Å².